The van der Waals surface area contributed by atoms with Crippen molar-refractivity contribution in [2.75, 3.05) is 19.5 Å². The van der Waals surface area contributed by atoms with Crippen LogP contribution in [0.1, 0.15) is 10.7 Å². The number of fused-ring (bicyclic) bond motifs is 1. The molecule has 0 bridgehead atoms. The Kier molecular flexibility index (Phi) is 5.83. The first kappa shape index (κ1) is 20.4. The molecular weight excluding hydrogens is 408 g/mol. The largest absolute Gasteiger partial charge is 0.493 e. The van der Waals surface area contributed by atoms with Crippen LogP contribution in [0.3, 0.4) is 0 Å². The zero-order valence-corrected chi connectivity index (χ0v) is 18.2. The van der Waals surface area contributed by atoms with Gasteiger partial charge in [0.15, 0.2) is 11.5 Å². The standard InChI is InChI=1S/C24H20N4O2S/c1-15-7-8-16-5-4-6-19(23(16)27-15)26-13-18(12-25)24-28-20(14-31-24)17-9-10-21(29-2)22(11-17)30-3/h4-11,13-14,26H,1-3H3/b18-13+. The molecule has 2 aromatic heterocycles. The van der Waals surface area contributed by atoms with Crippen molar-refractivity contribution in [2.24, 2.45) is 0 Å². The van der Waals surface area contributed by atoms with Gasteiger partial charge < -0.3 is 14.8 Å². The lowest BCUT2D eigenvalue weighted by Crippen LogP contribution is -1.94. The molecule has 1 N–H and O–H groups in total. The van der Waals surface area contributed by atoms with E-state index in [1.54, 1.807) is 20.4 Å². The van der Waals surface area contributed by atoms with E-state index in [0.717, 1.165) is 33.5 Å². The Hall–Kier alpha value is -3.89. The number of aryl methyl sites for hydroxylation is 1. The highest BCUT2D eigenvalue weighted by atomic mass is 32.1. The van der Waals surface area contributed by atoms with Gasteiger partial charge in [-0.3, -0.25) is 4.98 Å². The van der Waals surface area contributed by atoms with Crippen molar-refractivity contribution in [1.29, 1.82) is 5.26 Å². The number of nitriles is 1. The molecule has 0 saturated carbocycles. The summed E-state index contributed by atoms with van der Waals surface area (Å²) in [7, 11) is 3.20. The van der Waals surface area contributed by atoms with E-state index in [9.17, 15) is 5.26 Å². The van der Waals surface area contributed by atoms with Gasteiger partial charge >= 0.3 is 0 Å². The monoisotopic (exact) mass is 428 g/mol. The van der Waals surface area contributed by atoms with Crippen LogP contribution in [0.5, 0.6) is 11.5 Å². The summed E-state index contributed by atoms with van der Waals surface area (Å²) in [6.45, 7) is 1.96. The molecule has 2 heterocycles. The molecule has 0 aliphatic carbocycles. The number of nitrogens with one attached hydrogen (secondary N) is 1. The van der Waals surface area contributed by atoms with Crippen LogP contribution in [-0.4, -0.2) is 24.2 Å². The van der Waals surface area contributed by atoms with Crippen LogP contribution in [0.2, 0.25) is 0 Å². The van der Waals surface area contributed by atoms with Gasteiger partial charge in [0.25, 0.3) is 0 Å². The van der Waals surface area contributed by atoms with Gasteiger partial charge in [0.1, 0.15) is 16.6 Å². The summed E-state index contributed by atoms with van der Waals surface area (Å²) in [5.74, 6) is 1.29. The van der Waals surface area contributed by atoms with Gasteiger partial charge in [-0.05, 0) is 37.3 Å². The second-order valence-electron chi connectivity index (χ2n) is 6.75. The third kappa shape index (κ3) is 4.20. The van der Waals surface area contributed by atoms with Crippen molar-refractivity contribution in [2.45, 2.75) is 6.92 Å². The summed E-state index contributed by atoms with van der Waals surface area (Å²) >= 11 is 1.41. The quantitative estimate of drug-likeness (QED) is 0.399. The maximum atomic E-state index is 9.70. The van der Waals surface area contributed by atoms with Crippen molar-refractivity contribution >= 4 is 33.5 Å². The second-order valence-corrected chi connectivity index (χ2v) is 7.61. The molecule has 4 aromatic rings. The topological polar surface area (TPSA) is 80.1 Å². The molecule has 0 unspecified atom stereocenters. The summed E-state index contributed by atoms with van der Waals surface area (Å²) in [4.78, 5) is 9.26. The lowest BCUT2D eigenvalue weighted by molar-refractivity contribution is 0.355. The Morgan fingerprint density at radius 3 is 2.68 bits per heavy atom. The number of anilines is 1. The predicted molar refractivity (Wildman–Crippen MR) is 124 cm³/mol. The Labute approximate surface area is 184 Å². The first-order valence-electron chi connectivity index (χ1n) is 9.54. The van der Waals surface area contributed by atoms with Crippen LogP contribution < -0.4 is 14.8 Å². The van der Waals surface area contributed by atoms with Gasteiger partial charge in [0.05, 0.1) is 31.1 Å². The van der Waals surface area contributed by atoms with Crippen molar-refractivity contribution in [3.8, 4) is 28.8 Å². The van der Waals surface area contributed by atoms with E-state index in [0.29, 0.717) is 22.1 Å². The van der Waals surface area contributed by atoms with Crippen LogP contribution in [0.15, 0.2) is 60.1 Å². The number of rotatable bonds is 6. The highest BCUT2D eigenvalue weighted by Gasteiger charge is 2.12. The molecule has 0 spiro atoms. The lowest BCUT2D eigenvalue weighted by atomic mass is 10.1. The van der Waals surface area contributed by atoms with Gasteiger partial charge in [-0.2, -0.15) is 5.26 Å². The predicted octanol–water partition coefficient (Wildman–Crippen LogP) is 5.66. The molecule has 154 valence electrons. The van der Waals surface area contributed by atoms with Crippen molar-refractivity contribution in [3.05, 3.63) is 70.8 Å². The molecule has 7 heteroatoms. The van der Waals surface area contributed by atoms with Crippen LogP contribution in [0.25, 0.3) is 27.7 Å². The Balaban J connectivity index is 1.63. The summed E-state index contributed by atoms with van der Waals surface area (Å²) < 4.78 is 10.7. The molecule has 0 aliphatic heterocycles. The number of pyridine rings is 1. The summed E-state index contributed by atoms with van der Waals surface area (Å²) in [6, 6.07) is 17.8. The van der Waals surface area contributed by atoms with E-state index in [-0.39, 0.29) is 0 Å². The molecular formula is C24H20N4O2S. The lowest BCUT2D eigenvalue weighted by Gasteiger charge is -2.08. The first-order valence-corrected chi connectivity index (χ1v) is 10.4. The zero-order valence-electron chi connectivity index (χ0n) is 17.3. The molecule has 0 atom stereocenters. The fourth-order valence-electron chi connectivity index (χ4n) is 3.18. The maximum absolute atomic E-state index is 9.70. The average Bonchev–Trinajstić information content (AvgIpc) is 3.29. The van der Waals surface area contributed by atoms with Gasteiger partial charge in [-0.1, -0.05) is 18.2 Å². The Bertz CT molecular complexity index is 1320. The number of para-hydroxylation sites is 1. The van der Waals surface area contributed by atoms with Gasteiger partial charge in [0, 0.05) is 28.2 Å². The molecule has 0 fully saturated rings. The van der Waals surface area contributed by atoms with Crippen LogP contribution >= 0.6 is 11.3 Å². The number of hydrogen-bond donors (Lipinski definition) is 1. The number of aromatic nitrogens is 2. The third-order valence-corrected chi connectivity index (χ3v) is 5.64. The van der Waals surface area contributed by atoms with Crippen LogP contribution in [0.4, 0.5) is 5.69 Å². The van der Waals surface area contributed by atoms with E-state index in [1.165, 1.54) is 11.3 Å². The number of ether oxygens (including phenoxy) is 2. The summed E-state index contributed by atoms with van der Waals surface area (Å²) in [5.41, 5.74) is 4.74. The molecule has 0 aliphatic rings. The maximum Gasteiger partial charge on any atom is 0.161 e. The third-order valence-electron chi connectivity index (χ3n) is 4.77. The number of thiazole rings is 1. The fourth-order valence-corrected chi connectivity index (χ4v) is 3.97. The smallest absolute Gasteiger partial charge is 0.161 e. The normalized spacial score (nSPS) is 11.2. The van der Waals surface area contributed by atoms with Crippen molar-refractivity contribution < 1.29 is 9.47 Å². The number of benzene rings is 2. The minimum Gasteiger partial charge on any atom is -0.493 e. The van der Waals surface area contributed by atoms with Crippen LogP contribution in [-0.2, 0) is 0 Å². The fraction of sp³-hybridized carbons (Fsp3) is 0.125. The van der Waals surface area contributed by atoms with Gasteiger partial charge in [-0.15, -0.1) is 11.3 Å². The molecule has 31 heavy (non-hydrogen) atoms. The number of allylic oxidation sites excluding steroid dienone is 1. The molecule has 0 saturated heterocycles. The van der Waals surface area contributed by atoms with Crippen molar-refractivity contribution in [3.63, 3.8) is 0 Å². The van der Waals surface area contributed by atoms with Gasteiger partial charge in [-0.25, -0.2) is 4.98 Å². The van der Waals surface area contributed by atoms with Crippen molar-refractivity contribution in [1.82, 2.24) is 9.97 Å². The van der Waals surface area contributed by atoms with E-state index in [4.69, 9.17) is 9.47 Å². The van der Waals surface area contributed by atoms with Gasteiger partial charge in [0.2, 0.25) is 0 Å². The van der Waals surface area contributed by atoms with E-state index in [1.807, 2.05) is 60.8 Å². The average molecular weight is 429 g/mol. The first-order chi connectivity index (χ1) is 15.1. The van der Waals surface area contributed by atoms with E-state index in [2.05, 4.69) is 21.4 Å². The SMILES string of the molecule is COc1ccc(-c2csc(/C(C#N)=C/Nc3cccc4ccc(C)nc34)n2)cc1OC. The van der Waals surface area contributed by atoms with E-state index >= 15 is 0 Å². The summed E-state index contributed by atoms with van der Waals surface area (Å²) in [5, 5.41) is 16.5. The molecule has 0 amide bonds. The molecule has 4 rings (SSSR count). The zero-order chi connectivity index (χ0) is 21.8. The van der Waals surface area contributed by atoms with Crippen LogP contribution in [0, 0.1) is 18.3 Å². The second kappa shape index (κ2) is 8.86. The Morgan fingerprint density at radius 2 is 1.90 bits per heavy atom. The molecule has 2 aromatic carbocycles. The minimum absolute atomic E-state index is 0.446. The highest BCUT2D eigenvalue weighted by Crippen LogP contribution is 2.33. The minimum atomic E-state index is 0.446. The summed E-state index contributed by atoms with van der Waals surface area (Å²) in [6.07, 6.45) is 1.68. The molecule has 0 radical (unpaired) electrons. The van der Waals surface area contributed by atoms with E-state index < -0.39 is 0 Å². The number of nitrogens with zero attached hydrogens (tertiary/aromatic N) is 3. The number of methoxy groups -OCH3 is 2. The molecule has 6 nitrogen and oxygen atoms in total. The number of hydrogen-bond acceptors (Lipinski definition) is 7. The highest BCUT2D eigenvalue weighted by molar-refractivity contribution is 7.11. The Morgan fingerprint density at radius 1 is 1.06 bits per heavy atom.